The van der Waals surface area contributed by atoms with Crippen molar-refractivity contribution in [1.29, 1.82) is 0 Å². The molecule has 0 aliphatic rings. The highest BCUT2D eigenvalue weighted by atomic mass is 16.5. The Balaban J connectivity index is 0.974. The average molecular weight is 529 g/mol. The Kier molecular flexibility index (Phi) is 9.85. The van der Waals surface area contributed by atoms with Gasteiger partial charge in [0.15, 0.2) is 0 Å². The smallest absolute Gasteiger partial charge is 0.119 e. The minimum absolute atomic E-state index is 0.582. The summed E-state index contributed by atoms with van der Waals surface area (Å²) in [5.41, 5.74) is 7.26. The van der Waals surface area contributed by atoms with E-state index in [1.165, 1.54) is 27.8 Å². The Hall–Kier alpha value is -4.54. The van der Waals surface area contributed by atoms with Gasteiger partial charge in [-0.05, 0) is 77.2 Å². The summed E-state index contributed by atoms with van der Waals surface area (Å²) in [5, 5.41) is 7.06. The molecule has 0 heterocycles. The normalized spacial score (nSPS) is 10.7. The second kappa shape index (κ2) is 14.6. The van der Waals surface area contributed by atoms with E-state index in [1.54, 1.807) is 0 Å². The average Bonchev–Trinajstić information content (AvgIpc) is 3.03. The van der Waals surface area contributed by atoms with Gasteiger partial charge in [-0.2, -0.15) is 0 Å². The fraction of sp³-hybridized carbons (Fsp3) is 0.167. The molecule has 2 N–H and O–H groups in total. The molecule has 0 fully saturated rings. The number of rotatable bonds is 14. The molecule has 40 heavy (non-hydrogen) atoms. The van der Waals surface area contributed by atoms with Crippen LogP contribution in [0.15, 0.2) is 133 Å². The lowest BCUT2D eigenvalue weighted by atomic mass is 10.1. The zero-order valence-electron chi connectivity index (χ0n) is 22.8. The third-order valence-corrected chi connectivity index (χ3v) is 6.71. The summed E-state index contributed by atoms with van der Waals surface area (Å²) in [7, 11) is 0. The molecule has 0 bridgehead atoms. The van der Waals surface area contributed by atoms with E-state index in [4.69, 9.17) is 9.47 Å². The molecule has 5 aromatic carbocycles. The fourth-order valence-electron chi connectivity index (χ4n) is 4.35. The van der Waals surface area contributed by atoms with Crippen LogP contribution in [-0.4, -0.2) is 6.54 Å². The summed E-state index contributed by atoms with van der Waals surface area (Å²) in [6, 6.07) is 45.8. The maximum absolute atomic E-state index is 5.89. The molecule has 0 spiro atoms. The van der Waals surface area contributed by atoms with E-state index >= 15 is 0 Å². The van der Waals surface area contributed by atoms with Crippen LogP contribution in [0.1, 0.15) is 27.8 Å². The van der Waals surface area contributed by atoms with Crippen molar-refractivity contribution in [3.05, 3.63) is 161 Å². The van der Waals surface area contributed by atoms with Crippen LogP contribution in [-0.2, 0) is 32.7 Å². The van der Waals surface area contributed by atoms with Crippen molar-refractivity contribution in [2.45, 2.75) is 32.7 Å². The molecule has 202 valence electrons. The van der Waals surface area contributed by atoms with E-state index in [0.717, 1.165) is 43.2 Å². The molecule has 0 radical (unpaired) electrons. The Morgan fingerprint density at radius 3 is 1.43 bits per heavy atom. The number of hydrogen-bond donors (Lipinski definition) is 2. The van der Waals surface area contributed by atoms with Crippen molar-refractivity contribution >= 4 is 5.69 Å². The lowest BCUT2D eigenvalue weighted by Crippen LogP contribution is -2.16. The topological polar surface area (TPSA) is 42.5 Å². The van der Waals surface area contributed by atoms with Crippen LogP contribution >= 0.6 is 0 Å². The highest BCUT2D eigenvalue weighted by Gasteiger charge is 2.01. The molecule has 4 nitrogen and oxygen atoms in total. The van der Waals surface area contributed by atoms with Gasteiger partial charge in [0.25, 0.3) is 0 Å². The summed E-state index contributed by atoms with van der Waals surface area (Å²) in [6.07, 6.45) is 0.989. The van der Waals surface area contributed by atoms with Crippen molar-refractivity contribution in [2.75, 3.05) is 11.9 Å². The molecule has 5 aromatic rings. The lowest BCUT2D eigenvalue weighted by molar-refractivity contribution is 0.306. The van der Waals surface area contributed by atoms with Gasteiger partial charge in [0.2, 0.25) is 0 Å². The molecule has 4 heteroatoms. The first kappa shape index (κ1) is 27.0. The van der Waals surface area contributed by atoms with Crippen LogP contribution < -0.4 is 20.1 Å². The minimum atomic E-state index is 0.582. The number of nitrogens with one attached hydrogen (secondary N) is 2. The summed E-state index contributed by atoms with van der Waals surface area (Å²) < 4.78 is 11.8. The van der Waals surface area contributed by atoms with E-state index in [2.05, 4.69) is 83.4 Å². The molecule has 0 amide bonds. The first-order valence-corrected chi connectivity index (χ1v) is 13.8. The summed E-state index contributed by atoms with van der Waals surface area (Å²) >= 11 is 0. The largest absolute Gasteiger partial charge is 0.489 e. The first-order valence-electron chi connectivity index (χ1n) is 13.8. The first-order chi connectivity index (χ1) is 19.8. The molecule has 0 atom stereocenters. The van der Waals surface area contributed by atoms with E-state index < -0.39 is 0 Å². The van der Waals surface area contributed by atoms with Gasteiger partial charge in [-0.15, -0.1) is 0 Å². The number of benzene rings is 5. The highest BCUT2D eigenvalue weighted by molar-refractivity contribution is 5.45. The predicted molar refractivity (Wildman–Crippen MR) is 164 cm³/mol. The van der Waals surface area contributed by atoms with Crippen LogP contribution in [0.4, 0.5) is 5.69 Å². The molecule has 5 rings (SSSR count). The zero-order chi connectivity index (χ0) is 27.2. The number of anilines is 1. The highest BCUT2D eigenvalue weighted by Crippen LogP contribution is 2.17. The number of hydrogen-bond acceptors (Lipinski definition) is 4. The molecule has 0 aliphatic carbocycles. The van der Waals surface area contributed by atoms with Gasteiger partial charge in [0.1, 0.15) is 24.7 Å². The van der Waals surface area contributed by atoms with Gasteiger partial charge in [0, 0.05) is 18.8 Å². The summed E-state index contributed by atoms with van der Waals surface area (Å²) in [5.74, 6) is 1.78. The van der Waals surface area contributed by atoms with E-state index in [9.17, 15) is 0 Å². The third kappa shape index (κ3) is 8.75. The second-order valence-electron chi connectivity index (χ2n) is 9.81. The monoisotopic (exact) mass is 528 g/mol. The van der Waals surface area contributed by atoms with Crippen LogP contribution in [0, 0.1) is 0 Å². The van der Waals surface area contributed by atoms with Gasteiger partial charge >= 0.3 is 0 Å². The lowest BCUT2D eigenvalue weighted by Gasteiger charge is -2.10. The van der Waals surface area contributed by atoms with E-state index in [1.807, 2.05) is 60.7 Å². The van der Waals surface area contributed by atoms with Crippen molar-refractivity contribution < 1.29 is 9.47 Å². The van der Waals surface area contributed by atoms with Gasteiger partial charge in [-0.1, -0.05) is 97.1 Å². The maximum atomic E-state index is 5.89. The Morgan fingerprint density at radius 2 is 0.900 bits per heavy atom. The van der Waals surface area contributed by atoms with Gasteiger partial charge < -0.3 is 20.1 Å². The van der Waals surface area contributed by atoms with E-state index in [0.29, 0.717) is 13.2 Å². The number of ether oxygens (including phenoxy) is 2. The van der Waals surface area contributed by atoms with Crippen molar-refractivity contribution in [2.24, 2.45) is 0 Å². The molecule has 0 aliphatic heterocycles. The van der Waals surface area contributed by atoms with Crippen LogP contribution in [0.2, 0.25) is 0 Å². The zero-order valence-corrected chi connectivity index (χ0v) is 22.8. The molecular weight excluding hydrogens is 492 g/mol. The fourth-order valence-corrected chi connectivity index (χ4v) is 4.35. The van der Waals surface area contributed by atoms with Crippen LogP contribution in [0.3, 0.4) is 0 Å². The molecular formula is C36H36N2O2. The quantitative estimate of drug-likeness (QED) is 0.144. The van der Waals surface area contributed by atoms with Crippen LogP contribution in [0.25, 0.3) is 0 Å². The standard InChI is InChI=1S/C36H36N2O2/c1-3-7-32(8-4-1)27-39-35-19-13-30(14-20-35)25-37-24-23-29-11-17-34(18-12-29)38-26-31-15-21-36(22-16-31)40-28-33-9-5-2-6-10-33/h1-22,37-38H,23-28H2. The summed E-state index contributed by atoms with van der Waals surface area (Å²) in [6.45, 7) is 3.71. The van der Waals surface area contributed by atoms with Crippen molar-refractivity contribution in [3.63, 3.8) is 0 Å². The van der Waals surface area contributed by atoms with Gasteiger partial charge in [0.05, 0.1) is 0 Å². The van der Waals surface area contributed by atoms with Crippen molar-refractivity contribution in [3.8, 4) is 11.5 Å². The SMILES string of the molecule is c1ccc(COc2ccc(CNCCc3ccc(NCc4ccc(OCc5ccccc5)cc4)cc3)cc2)cc1. The maximum Gasteiger partial charge on any atom is 0.119 e. The van der Waals surface area contributed by atoms with Gasteiger partial charge in [-0.25, -0.2) is 0 Å². The van der Waals surface area contributed by atoms with Crippen molar-refractivity contribution in [1.82, 2.24) is 5.32 Å². The molecule has 0 aromatic heterocycles. The minimum Gasteiger partial charge on any atom is -0.489 e. The Bertz CT molecular complexity index is 1400. The Morgan fingerprint density at radius 1 is 0.425 bits per heavy atom. The second-order valence-corrected chi connectivity index (χ2v) is 9.81. The third-order valence-electron chi connectivity index (χ3n) is 6.71. The van der Waals surface area contributed by atoms with E-state index in [-0.39, 0.29) is 0 Å². The molecule has 0 unspecified atom stereocenters. The molecule has 0 saturated heterocycles. The van der Waals surface area contributed by atoms with Gasteiger partial charge in [-0.3, -0.25) is 0 Å². The summed E-state index contributed by atoms with van der Waals surface area (Å²) in [4.78, 5) is 0. The molecule has 0 saturated carbocycles. The predicted octanol–water partition coefficient (Wildman–Crippen LogP) is 7.79. The van der Waals surface area contributed by atoms with Crippen LogP contribution in [0.5, 0.6) is 11.5 Å². The Labute approximate surface area is 237 Å².